The van der Waals surface area contributed by atoms with Crippen LogP contribution in [0.5, 0.6) is 5.75 Å². The Kier molecular flexibility index (Phi) is 8.14. The van der Waals surface area contributed by atoms with E-state index in [1.165, 1.54) is 16.2 Å². The number of Topliss-reactive ketones (excluding diaryl/α,β-unsaturated/α-hetero) is 1. The van der Waals surface area contributed by atoms with Gasteiger partial charge in [0.15, 0.2) is 0 Å². The lowest BCUT2D eigenvalue weighted by Crippen LogP contribution is -2.49. The van der Waals surface area contributed by atoms with Crippen LogP contribution in [0.2, 0.25) is 5.02 Å². The van der Waals surface area contributed by atoms with E-state index >= 15 is 0 Å². The van der Waals surface area contributed by atoms with Crippen LogP contribution in [-0.4, -0.2) is 53.1 Å². The van der Waals surface area contributed by atoms with E-state index in [1.807, 2.05) is 17.5 Å². The summed E-state index contributed by atoms with van der Waals surface area (Å²) in [5, 5.41) is 5.89. The summed E-state index contributed by atoms with van der Waals surface area (Å²) in [7, 11) is 1.55. The molecular formula is C30H25ClN4O5S. The highest BCUT2D eigenvalue weighted by molar-refractivity contribution is 7.09. The highest BCUT2D eigenvalue weighted by Crippen LogP contribution is 2.29. The summed E-state index contributed by atoms with van der Waals surface area (Å²) < 4.78 is 5.17. The van der Waals surface area contributed by atoms with Crippen molar-refractivity contribution < 1.29 is 23.9 Å². The van der Waals surface area contributed by atoms with E-state index in [4.69, 9.17) is 16.3 Å². The molecule has 1 N–H and O–H groups in total. The first-order valence-corrected chi connectivity index (χ1v) is 13.9. The number of ketones is 1. The van der Waals surface area contributed by atoms with Crippen molar-refractivity contribution in [2.24, 2.45) is 0 Å². The number of amides is 3. The van der Waals surface area contributed by atoms with E-state index in [2.05, 4.69) is 10.3 Å². The number of halogens is 1. The minimum Gasteiger partial charge on any atom is -0.497 e. The molecule has 41 heavy (non-hydrogen) atoms. The minimum absolute atomic E-state index is 0.0198. The van der Waals surface area contributed by atoms with Crippen molar-refractivity contribution in [3.63, 3.8) is 0 Å². The number of carbonyl (C=O) groups is 4. The Morgan fingerprint density at radius 1 is 1.05 bits per heavy atom. The third-order valence-corrected chi connectivity index (χ3v) is 7.78. The van der Waals surface area contributed by atoms with Crippen molar-refractivity contribution in [3.05, 3.63) is 93.8 Å². The van der Waals surface area contributed by atoms with E-state index in [0.29, 0.717) is 32.8 Å². The average molecular weight is 589 g/mol. The monoisotopic (exact) mass is 588 g/mol. The number of anilines is 2. The number of hydrogen-bond donors (Lipinski definition) is 1. The van der Waals surface area contributed by atoms with Crippen LogP contribution in [0.15, 0.2) is 78.2 Å². The fraction of sp³-hybridized carbons (Fsp3) is 0.167. The molecule has 1 aromatic heterocycles. The SMILES string of the molecule is COc1ccc(NC(=O)C(C)N(Cc2nc(-c3ccc(Cl)cc3)cs2)C(=O)CN2C(=O)C(=O)c3ccccc32)cc1. The van der Waals surface area contributed by atoms with Gasteiger partial charge in [0.25, 0.3) is 11.7 Å². The van der Waals surface area contributed by atoms with Gasteiger partial charge in [-0.3, -0.25) is 24.1 Å². The van der Waals surface area contributed by atoms with Gasteiger partial charge in [0.05, 0.1) is 30.6 Å². The summed E-state index contributed by atoms with van der Waals surface area (Å²) >= 11 is 7.36. The van der Waals surface area contributed by atoms with Crippen LogP contribution in [0.25, 0.3) is 11.3 Å². The molecule has 0 saturated heterocycles. The van der Waals surface area contributed by atoms with Gasteiger partial charge in [-0.15, -0.1) is 11.3 Å². The van der Waals surface area contributed by atoms with Crippen molar-refractivity contribution in [2.75, 3.05) is 23.9 Å². The first-order valence-electron chi connectivity index (χ1n) is 12.6. The molecule has 5 rings (SSSR count). The predicted octanol–water partition coefficient (Wildman–Crippen LogP) is 5.06. The maximum Gasteiger partial charge on any atom is 0.299 e. The molecule has 1 aliphatic heterocycles. The number of nitrogens with zero attached hydrogens (tertiary/aromatic N) is 3. The van der Waals surface area contributed by atoms with Crippen molar-refractivity contribution in [1.29, 1.82) is 0 Å². The number of rotatable bonds is 9. The summed E-state index contributed by atoms with van der Waals surface area (Å²) in [5.74, 6) is -1.75. The van der Waals surface area contributed by atoms with Crippen LogP contribution in [0.1, 0.15) is 22.3 Å². The number of aromatic nitrogens is 1. The third-order valence-electron chi connectivity index (χ3n) is 6.69. The van der Waals surface area contributed by atoms with Gasteiger partial charge in [0.1, 0.15) is 23.3 Å². The fourth-order valence-corrected chi connectivity index (χ4v) is 5.34. The molecule has 0 radical (unpaired) electrons. The first-order chi connectivity index (χ1) is 19.7. The quantitative estimate of drug-likeness (QED) is 0.274. The molecule has 9 nitrogen and oxygen atoms in total. The largest absolute Gasteiger partial charge is 0.497 e. The fourth-order valence-electron chi connectivity index (χ4n) is 4.42. The molecule has 3 aromatic carbocycles. The van der Waals surface area contributed by atoms with Crippen LogP contribution in [0.4, 0.5) is 11.4 Å². The van der Waals surface area contributed by atoms with Gasteiger partial charge in [0.2, 0.25) is 11.8 Å². The van der Waals surface area contributed by atoms with Crippen LogP contribution >= 0.6 is 22.9 Å². The number of methoxy groups -OCH3 is 1. The Balaban J connectivity index is 1.40. The number of benzene rings is 3. The topological polar surface area (TPSA) is 109 Å². The number of nitrogens with one attached hydrogen (secondary N) is 1. The number of ether oxygens (including phenoxy) is 1. The predicted molar refractivity (Wildman–Crippen MR) is 157 cm³/mol. The van der Waals surface area contributed by atoms with E-state index in [-0.39, 0.29) is 12.1 Å². The normalized spacial score (nSPS) is 13.1. The highest BCUT2D eigenvalue weighted by atomic mass is 35.5. The third kappa shape index (κ3) is 5.98. The highest BCUT2D eigenvalue weighted by Gasteiger charge is 2.38. The Bertz CT molecular complexity index is 1620. The molecule has 1 atom stereocenters. The molecule has 3 amide bonds. The van der Waals surface area contributed by atoms with Gasteiger partial charge in [-0.25, -0.2) is 4.98 Å². The molecule has 0 aliphatic carbocycles. The number of fused-ring (bicyclic) bond motifs is 1. The number of hydrogen-bond acceptors (Lipinski definition) is 7. The molecule has 11 heteroatoms. The number of thiazole rings is 1. The summed E-state index contributed by atoms with van der Waals surface area (Å²) in [6.07, 6.45) is 0. The molecule has 2 heterocycles. The van der Waals surface area contributed by atoms with Gasteiger partial charge in [-0.1, -0.05) is 35.9 Å². The second-order valence-electron chi connectivity index (χ2n) is 9.29. The molecule has 1 unspecified atom stereocenters. The van der Waals surface area contributed by atoms with Crippen molar-refractivity contribution in [1.82, 2.24) is 9.88 Å². The molecule has 0 bridgehead atoms. The maximum absolute atomic E-state index is 13.7. The Morgan fingerprint density at radius 2 is 1.76 bits per heavy atom. The van der Waals surface area contributed by atoms with Crippen molar-refractivity contribution in [3.8, 4) is 17.0 Å². The van der Waals surface area contributed by atoms with Crippen LogP contribution < -0.4 is 15.0 Å². The van der Waals surface area contributed by atoms with E-state index in [9.17, 15) is 19.2 Å². The Morgan fingerprint density at radius 3 is 2.46 bits per heavy atom. The smallest absolute Gasteiger partial charge is 0.299 e. The standard InChI is InChI=1S/C30H25ClN4O5S/c1-18(29(38)32-21-11-13-22(40-2)14-12-21)34(15-26-33-24(17-41-26)19-7-9-20(31)10-8-19)27(36)16-35-25-6-4-3-5-23(25)28(37)30(35)39/h3-14,17-18H,15-16H2,1-2H3,(H,32,38). The molecule has 1 aliphatic rings. The van der Waals surface area contributed by atoms with E-state index < -0.39 is 36.1 Å². The average Bonchev–Trinajstić information content (AvgIpc) is 3.55. The van der Waals surface area contributed by atoms with Crippen LogP contribution in [0.3, 0.4) is 0 Å². The molecule has 4 aromatic rings. The van der Waals surface area contributed by atoms with Gasteiger partial charge in [0, 0.05) is 21.7 Å². The van der Waals surface area contributed by atoms with E-state index in [0.717, 1.165) is 10.5 Å². The van der Waals surface area contributed by atoms with Gasteiger partial charge in [-0.05, 0) is 55.5 Å². The Labute approximate surface area is 245 Å². The van der Waals surface area contributed by atoms with Gasteiger partial charge in [-0.2, -0.15) is 0 Å². The lowest BCUT2D eigenvalue weighted by molar-refractivity contribution is -0.138. The molecule has 0 spiro atoms. The van der Waals surface area contributed by atoms with Crippen molar-refractivity contribution >= 4 is 57.8 Å². The second-order valence-corrected chi connectivity index (χ2v) is 10.7. The second kappa shape index (κ2) is 11.9. The summed E-state index contributed by atoms with van der Waals surface area (Å²) in [4.78, 5) is 59.5. The Hall–Kier alpha value is -4.54. The molecular weight excluding hydrogens is 564 g/mol. The van der Waals surface area contributed by atoms with Crippen molar-refractivity contribution in [2.45, 2.75) is 19.5 Å². The number of para-hydroxylation sites is 1. The van der Waals surface area contributed by atoms with Crippen LogP contribution in [-0.2, 0) is 20.9 Å². The summed E-state index contributed by atoms with van der Waals surface area (Å²) in [6.45, 7) is 1.22. The summed E-state index contributed by atoms with van der Waals surface area (Å²) in [6, 6.07) is 19.6. The van der Waals surface area contributed by atoms with Gasteiger partial charge >= 0.3 is 0 Å². The van der Waals surface area contributed by atoms with E-state index in [1.54, 1.807) is 74.7 Å². The molecule has 0 saturated carbocycles. The zero-order chi connectivity index (χ0) is 29.1. The lowest BCUT2D eigenvalue weighted by Gasteiger charge is -2.29. The van der Waals surface area contributed by atoms with Gasteiger partial charge < -0.3 is 15.0 Å². The maximum atomic E-state index is 13.7. The lowest BCUT2D eigenvalue weighted by atomic mass is 10.1. The summed E-state index contributed by atoms with van der Waals surface area (Å²) in [5.41, 5.74) is 2.71. The molecule has 208 valence electrons. The van der Waals surface area contributed by atoms with Crippen LogP contribution in [0, 0.1) is 0 Å². The minimum atomic E-state index is -0.934. The first kappa shape index (κ1) is 28.0. The zero-order valence-corrected chi connectivity index (χ0v) is 23.7. The zero-order valence-electron chi connectivity index (χ0n) is 22.2. The number of carbonyl (C=O) groups excluding carboxylic acids is 4. The molecule has 0 fully saturated rings.